The van der Waals surface area contributed by atoms with Crippen LogP contribution in [0.15, 0.2) is 35.1 Å². The molecule has 1 atom stereocenters. The van der Waals surface area contributed by atoms with Crippen LogP contribution in [0.3, 0.4) is 0 Å². The number of nitrogens with one attached hydrogen (secondary N) is 1. The van der Waals surface area contributed by atoms with Crippen LogP contribution < -0.4 is 5.32 Å². The van der Waals surface area contributed by atoms with Gasteiger partial charge in [0.25, 0.3) is 0 Å². The van der Waals surface area contributed by atoms with Crippen molar-refractivity contribution < 1.29 is 0 Å². The maximum Gasteiger partial charge on any atom is 0.0590 e. The van der Waals surface area contributed by atoms with Crippen molar-refractivity contribution in [3.8, 4) is 0 Å². The largest absolute Gasteiger partial charge is 0.381 e. The van der Waals surface area contributed by atoms with E-state index in [4.69, 9.17) is 0 Å². The van der Waals surface area contributed by atoms with Gasteiger partial charge in [-0.3, -0.25) is 4.98 Å². The lowest BCUT2D eigenvalue weighted by atomic mass is 10.2. The van der Waals surface area contributed by atoms with Crippen molar-refractivity contribution in [3.63, 3.8) is 0 Å². The fourth-order valence-corrected chi connectivity index (χ4v) is 3.09. The molecule has 1 unspecified atom stereocenters. The van der Waals surface area contributed by atoms with Crippen LogP contribution in [0.2, 0.25) is 0 Å². The van der Waals surface area contributed by atoms with Crippen LogP contribution in [0.5, 0.6) is 0 Å². The quantitative estimate of drug-likeness (QED) is 0.912. The zero-order chi connectivity index (χ0) is 12.3. The number of pyridine rings is 1. The molecule has 90 valence electrons. The van der Waals surface area contributed by atoms with Gasteiger partial charge in [0.2, 0.25) is 0 Å². The Hall–Kier alpha value is -0.870. The summed E-state index contributed by atoms with van der Waals surface area (Å²) < 4.78 is 1.01. The molecule has 0 bridgehead atoms. The molecule has 1 N–H and O–H groups in total. The van der Waals surface area contributed by atoms with E-state index in [2.05, 4.69) is 52.2 Å². The molecule has 0 spiro atoms. The first-order chi connectivity index (χ1) is 8.15. The standard InChI is InChI=1S/C13H15BrN2S/c1-9(7-11-4-3-10(2)17-11)16-13-5-6-15-8-12(13)14/h3-6,8-9H,7H2,1-2H3,(H,15,16). The molecule has 0 saturated carbocycles. The third-order valence-corrected chi connectivity index (χ3v) is 4.13. The predicted molar refractivity (Wildman–Crippen MR) is 77.8 cm³/mol. The molecule has 4 heteroatoms. The van der Waals surface area contributed by atoms with E-state index in [9.17, 15) is 0 Å². The first-order valence-corrected chi connectivity index (χ1v) is 7.17. The first-order valence-electron chi connectivity index (χ1n) is 5.56. The van der Waals surface area contributed by atoms with Crippen LogP contribution in [-0.4, -0.2) is 11.0 Å². The molecule has 17 heavy (non-hydrogen) atoms. The average molecular weight is 311 g/mol. The number of aryl methyl sites for hydroxylation is 1. The van der Waals surface area contributed by atoms with Crippen LogP contribution >= 0.6 is 27.3 Å². The van der Waals surface area contributed by atoms with Crippen molar-refractivity contribution in [2.75, 3.05) is 5.32 Å². The van der Waals surface area contributed by atoms with Crippen LogP contribution in [0, 0.1) is 6.92 Å². The highest BCUT2D eigenvalue weighted by atomic mass is 79.9. The van der Waals surface area contributed by atoms with Crippen LogP contribution in [0.1, 0.15) is 16.7 Å². The first kappa shape index (κ1) is 12.6. The highest BCUT2D eigenvalue weighted by Gasteiger charge is 2.07. The number of halogens is 1. The number of rotatable bonds is 4. The van der Waals surface area contributed by atoms with Gasteiger partial charge in [-0.15, -0.1) is 11.3 Å². The SMILES string of the molecule is Cc1ccc(CC(C)Nc2ccncc2Br)s1. The highest BCUT2D eigenvalue weighted by molar-refractivity contribution is 9.10. The fraction of sp³-hybridized carbons (Fsp3) is 0.308. The maximum absolute atomic E-state index is 4.05. The lowest BCUT2D eigenvalue weighted by Gasteiger charge is -2.15. The van der Waals surface area contributed by atoms with E-state index in [0.29, 0.717) is 6.04 Å². The van der Waals surface area contributed by atoms with Crippen molar-refractivity contribution in [1.82, 2.24) is 4.98 Å². The summed E-state index contributed by atoms with van der Waals surface area (Å²) in [7, 11) is 0. The van der Waals surface area contributed by atoms with Gasteiger partial charge in [0, 0.05) is 34.6 Å². The fourth-order valence-electron chi connectivity index (χ4n) is 1.71. The third-order valence-electron chi connectivity index (χ3n) is 2.48. The van der Waals surface area contributed by atoms with E-state index in [1.54, 1.807) is 6.20 Å². The molecule has 2 aromatic rings. The summed E-state index contributed by atoms with van der Waals surface area (Å²) in [5.41, 5.74) is 1.10. The molecule has 0 aromatic carbocycles. The zero-order valence-electron chi connectivity index (χ0n) is 9.90. The molecule has 0 aliphatic heterocycles. The summed E-state index contributed by atoms with van der Waals surface area (Å²) in [4.78, 5) is 6.85. The van der Waals surface area contributed by atoms with E-state index in [0.717, 1.165) is 16.6 Å². The summed E-state index contributed by atoms with van der Waals surface area (Å²) >= 11 is 5.36. The minimum absolute atomic E-state index is 0.409. The second-order valence-electron chi connectivity index (χ2n) is 4.12. The zero-order valence-corrected chi connectivity index (χ0v) is 12.3. The van der Waals surface area contributed by atoms with Crippen molar-refractivity contribution in [2.24, 2.45) is 0 Å². The van der Waals surface area contributed by atoms with E-state index >= 15 is 0 Å². The Bertz CT molecular complexity index is 496. The lowest BCUT2D eigenvalue weighted by Crippen LogP contribution is -2.17. The van der Waals surface area contributed by atoms with Crippen molar-refractivity contribution in [2.45, 2.75) is 26.3 Å². The molecule has 2 aromatic heterocycles. The number of aromatic nitrogens is 1. The minimum Gasteiger partial charge on any atom is -0.381 e. The molecule has 2 heterocycles. The van der Waals surface area contributed by atoms with E-state index in [-0.39, 0.29) is 0 Å². The molecule has 0 saturated heterocycles. The molecular formula is C13H15BrN2S. The van der Waals surface area contributed by atoms with Gasteiger partial charge < -0.3 is 5.32 Å². The smallest absolute Gasteiger partial charge is 0.0590 e. The van der Waals surface area contributed by atoms with Crippen LogP contribution in [-0.2, 0) is 6.42 Å². The van der Waals surface area contributed by atoms with Gasteiger partial charge in [0.05, 0.1) is 10.2 Å². The number of thiophene rings is 1. The number of nitrogens with zero attached hydrogens (tertiary/aromatic N) is 1. The molecule has 2 nitrogen and oxygen atoms in total. The second kappa shape index (κ2) is 5.65. The van der Waals surface area contributed by atoms with E-state index in [1.165, 1.54) is 9.75 Å². The van der Waals surface area contributed by atoms with Gasteiger partial charge in [-0.1, -0.05) is 0 Å². The third kappa shape index (κ3) is 3.54. The summed E-state index contributed by atoms with van der Waals surface area (Å²) in [6.07, 6.45) is 4.66. The average Bonchev–Trinajstić information content (AvgIpc) is 2.67. The second-order valence-corrected chi connectivity index (χ2v) is 6.34. The van der Waals surface area contributed by atoms with Gasteiger partial charge in [-0.05, 0) is 48.0 Å². The summed E-state index contributed by atoms with van der Waals surface area (Å²) in [6, 6.07) is 6.78. The number of anilines is 1. The van der Waals surface area contributed by atoms with Crippen molar-refractivity contribution >= 4 is 33.0 Å². The summed E-state index contributed by atoms with van der Waals surface area (Å²) in [6.45, 7) is 4.34. The monoisotopic (exact) mass is 310 g/mol. The number of hydrogen-bond donors (Lipinski definition) is 1. The van der Waals surface area contributed by atoms with Gasteiger partial charge in [0.15, 0.2) is 0 Å². The highest BCUT2D eigenvalue weighted by Crippen LogP contribution is 2.22. The molecule has 0 amide bonds. The van der Waals surface area contributed by atoms with E-state index < -0.39 is 0 Å². The Morgan fingerprint density at radius 1 is 1.41 bits per heavy atom. The molecule has 0 aliphatic carbocycles. The van der Waals surface area contributed by atoms with Crippen LogP contribution in [0.25, 0.3) is 0 Å². The Morgan fingerprint density at radius 3 is 2.88 bits per heavy atom. The van der Waals surface area contributed by atoms with Crippen molar-refractivity contribution in [3.05, 3.63) is 44.8 Å². The lowest BCUT2D eigenvalue weighted by molar-refractivity contribution is 0.799. The Labute approximate surface area is 114 Å². The van der Waals surface area contributed by atoms with E-state index in [1.807, 2.05) is 23.6 Å². The molecule has 2 rings (SSSR count). The predicted octanol–water partition coefficient (Wildman–Crippen LogP) is 4.26. The summed E-state index contributed by atoms with van der Waals surface area (Å²) in [5, 5.41) is 3.49. The topological polar surface area (TPSA) is 24.9 Å². The normalized spacial score (nSPS) is 12.4. The molecule has 0 fully saturated rings. The molecule has 0 aliphatic rings. The number of hydrogen-bond acceptors (Lipinski definition) is 3. The van der Waals surface area contributed by atoms with Gasteiger partial charge >= 0.3 is 0 Å². The Morgan fingerprint density at radius 2 is 2.24 bits per heavy atom. The van der Waals surface area contributed by atoms with Gasteiger partial charge in [-0.2, -0.15) is 0 Å². The molecule has 0 radical (unpaired) electrons. The van der Waals surface area contributed by atoms with Crippen molar-refractivity contribution in [1.29, 1.82) is 0 Å². The molecular weight excluding hydrogens is 296 g/mol. The van der Waals surface area contributed by atoms with Gasteiger partial charge in [-0.25, -0.2) is 0 Å². The Balaban J connectivity index is 1.98. The minimum atomic E-state index is 0.409. The maximum atomic E-state index is 4.05. The summed E-state index contributed by atoms with van der Waals surface area (Å²) in [5.74, 6) is 0. The Kier molecular flexibility index (Phi) is 4.18. The van der Waals surface area contributed by atoms with Gasteiger partial charge in [0.1, 0.15) is 0 Å². The van der Waals surface area contributed by atoms with Crippen LogP contribution in [0.4, 0.5) is 5.69 Å².